The number of furan rings is 1. The number of carbonyl (C=O) groups excluding carboxylic acids is 2. The molecule has 0 saturated heterocycles. The Morgan fingerprint density at radius 3 is 2.39 bits per heavy atom. The number of rotatable bonds is 9. The lowest BCUT2D eigenvalue weighted by Gasteiger charge is -2.09. The van der Waals surface area contributed by atoms with Gasteiger partial charge in [-0.1, -0.05) is 18.2 Å². The van der Waals surface area contributed by atoms with E-state index in [1.165, 1.54) is 12.1 Å². The van der Waals surface area contributed by atoms with Crippen LogP contribution in [0.5, 0.6) is 11.5 Å². The zero-order valence-corrected chi connectivity index (χ0v) is 17.2. The zero-order chi connectivity index (χ0) is 22.2. The third kappa shape index (κ3) is 5.85. The van der Waals surface area contributed by atoms with E-state index in [-0.39, 0.29) is 31.0 Å². The van der Waals surface area contributed by atoms with Gasteiger partial charge in [0.25, 0.3) is 11.8 Å². The van der Waals surface area contributed by atoms with Gasteiger partial charge in [-0.3, -0.25) is 9.59 Å². The summed E-state index contributed by atoms with van der Waals surface area (Å²) in [7, 11) is 1.55. The maximum Gasteiger partial charge on any atom is 0.287 e. The number of carbonyl (C=O) groups is 2. The predicted molar refractivity (Wildman–Crippen MR) is 112 cm³/mol. The minimum Gasteiger partial charge on any atom is -0.493 e. The molecule has 31 heavy (non-hydrogen) atoms. The van der Waals surface area contributed by atoms with E-state index in [0.717, 1.165) is 0 Å². The maximum atomic E-state index is 13.6. The number of nitrogens with one attached hydrogen (secondary N) is 2. The van der Waals surface area contributed by atoms with Crippen molar-refractivity contribution in [3.05, 3.63) is 83.1 Å². The highest BCUT2D eigenvalue weighted by Gasteiger charge is 2.13. The van der Waals surface area contributed by atoms with Gasteiger partial charge >= 0.3 is 0 Å². The smallest absolute Gasteiger partial charge is 0.287 e. The molecule has 3 rings (SSSR count). The first-order valence-electron chi connectivity index (χ1n) is 9.65. The Labute approximate surface area is 179 Å². The monoisotopic (exact) mass is 426 g/mol. The van der Waals surface area contributed by atoms with Gasteiger partial charge in [0.2, 0.25) is 0 Å². The minimum atomic E-state index is -0.440. The van der Waals surface area contributed by atoms with Crippen LogP contribution in [0.4, 0.5) is 4.39 Å². The average Bonchev–Trinajstić information content (AvgIpc) is 3.26. The lowest BCUT2D eigenvalue weighted by atomic mass is 10.1. The first kappa shape index (κ1) is 21.9. The van der Waals surface area contributed by atoms with Crippen LogP contribution in [0.15, 0.2) is 59.0 Å². The fourth-order valence-corrected chi connectivity index (χ4v) is 2.74. The normalized spacial score (nSPS) is 10.4. The molecule has 0 radical (unpaired) electrons. The van der Waals surface area contributed by atoms with Crippen LogP contribution in [-0.4, -0.2) is 32.0 Å². The van der Waals surface area contributed by atoms with Crippen LogP contribution in [0.2, 0.25) is 0 Å². The number of ether oxygens (including phenoxy) is 2. The Bertz CT molecular complexity index is 1060. The van der Waals surface area contributed by atoms with Gasteiger partial charge in [-0.2, -0.15) is 0 Å². The molecule has 0 atom stereocenters. The first-order valence-corrected chi connectivity index (χ1v) is 9.65. The molecule has 0 saturated carbocycles. The van der Waals surface area contributed by atoms with Crippen molar-refractivity contribution in [1.82, 2.24) is 10.6 Å². The molecule has 0 unspecified atom stereocenters. The van der Waals surface area contributed by atoms with Gasteiger partial charge in [0.05, 0.1) is 7.11 Å². The fourth-order valence-electron chi connectivity index (χ4n) is 2.74. The van der Waals surface area contributed by atoms with Crippen LogP contribution in [0.1, 0.15) is 32.2 Å². The number of halogens is 1. The fraction of sp³-hybridized carbons (Fsp3) is 0.217. The van der Waals surface area contributed by atoms with E-state index in [4.69, 9.17) is 13.9 Å². The molecule has 7 nitrogen and oxygen atoms in total. The van der Waals surface area contributed by atoms with Gasteiger partial charge < -0.3 is 24.5 Å². The van der Waals surface area contributed by atoms with Crippen molar-refractivity contribution >= 4 is 11.8 Å². The summed E-state index contributed by atoms with van der Waals surface area (Å²) in [5, 5.41) is 5.27. The number of hydrogen-bond donors (Lipinski definition) is 2. The molecule has 0 aliphatic heterocycles. The second-order valence-electron chi connectivity index (χ2n) is 6.68. The van der Waals surface area contributed by atoms with Crippen LogP contribution in [0, 0.1) is 12.7 Å². The summed E-state index contributed by atoms with van der Waals surface area (Å²) < 4.78 is 29.9. The van der Waals surface area contributed by atoms with Crippen molar-refractivity contribution in [1.29, 1.82) is 0 Å². The van der Waals surface area contributed by atoms with E-state index in [0.29, 0.717) is 22.8 Å². The molecule has 0 spiro atoms. The molecule has 162 valence electrons. The van der Waals surface area contributed by atoms with E-state index in [1.807, 2.05) is 12.1 Å². The largest absolute Gasteiger partial charge is 0.493 e. The molecular formula is C23H23FN2O5. The van der Waals surface area contributed by atoms with E-state index in [2.05, 4.69) is 10.6 Å². The highest BCUT2D eigenvalue weighted by molar-refractivity contribution is 5.94. The summed E-state index contributed by atoms with van der Waals surface area (Å²) >= 11 is 0. The van der Waals surface area contributed by atoms with Gasteiger partial charge in [0.15, 0.2) is 17.3 Å². The van der Waals surface area contributed by atoms with Gasteiger partial charge in [0.1, 0.15) is 18.2 Å². The van der Waals surface area contributed by atoms with Crippen LogP contribution < -0.4 is 20.1 Å². The number of para-hydroxylation sites is 2. The number of benzene rings is 2. The second-order valence-corrected chi connectivity index (χ2v) is 6.68. The van der Waals surface area contributed by atoms with E-state index >= 15 is 0 Å². The Morgan fingerprint density at radius 1 is 0.968 bits per heavy atom. The van der Waals surface area contributed by atoms with Crippen molar-refractivity contribution in [3.63, 3.8) is 0 Å². The van der Waals surface area contributed by atoms with Crippen molar-refractivity contribution in [3.8, 4) is 11.5 Å². The lowest BCUT2D eigenvalue weighted by molar-refractivity contribution is 0.0907. The molecular weight excluding hydrogens is 403 g/mol. The maximum absolute atomic E-state index is 13.6. The number of hydrogen-bond acceptors (Lipinski definition) is 5. The van der Waals surface area contributed by atoms with Gasteiger partial charge in [-0.25, -0.2) is 4.39 Å². The molecule has 1 heterocycles. The third-order valence-electron chi connectivity index (χ3n) is 4.45. The standard InChI is InChI=1S/C23H23FN2O5/c1-15-7-8-16(13-18(15)24)22(27)25-11-12-26-23(28)21-10-9-17(31-21)14-30-20-6-4-3-5-19(20)29-2/h3-10,13H,11-12,14H2,1-2H3,(H,25,27)(H,26,28). The van der Waals surface area contributed by atoms with E-state index in [9.17, 15) is 14.0 Å². The molecule has 0 fully saturated rings. The Morgan fingerprint density at radius 2 is 1.68 bits per heavy atom. The van der Waals surface area contributed by atoms with Crippen LogP contribution in [-0.2, 0) is 6.61 Å². The second kappa shape index (κ2) is 10.3. The molecule has 1 aromatic heterocycles. The molecule has 0 aliphatic rings. The van der Waals surface area contributed by atoms with Crippen molar-refractivity contribution < 1.29 is 27.9 Å². The molecule has 2 aromatic carbocycles. The Kier molecular flexibility index (Phi) is 7.26. The quantitative estimate of drug-likeness (QED) is 0.512. The van der Waals surface area contributed by atoms with Crippen LogP contribution in [0.3, 0.4) is 0 Å². The number of aryl methyl sites for hydroxylation is 1. The summed E-state index contributed by atoms with van der Waals surface area (Å²) in [5.41, 5.74) is 0.690. The van der Waals surface area contributed by atoms with Crippen molar-refractivity contribution in [2.24, 2.45) is 0 Å². The molecule has 0 aliphatic carbocycles. The highest BCUT2D eigenvalue weighted by Crippen LogP contribution is 2.26. The summed E-state index contributed by atoms with van der Waals surface area (Å²) in [4.78, 5) is 24.2. The summed E-state index contributed by atoms with van der Waals surface area (Å²) in [6.45, 7) is 2.13. The first-order chi connectivity index (χ1) is 15.0. The number of methoxy groups -OCH3 is 1. The molecule has 2 N–H and O–H groups in total. The predicted octanol–water partition coefficient (Wildman–Crippen LogP) is 3.47. The summed E-state index contributed by atoms with van der Waals surface area (Å²) in [6.07, 6.45) is 0. The van der Waals surface area contributed by atoms with Gasteiger partial charge in [-0.05, 0) is 48.9 Å². The van der Waals surface area contributed by atoms with E-state index < -0.39 is 17.6 Å². The molecule has 2 amide bonds. The van der Waals surface area contributed by atoms with Crippen LogP contribution in [0.25, 0.3) is 0 Å². The topological polar surface area (TPSA) is 89.8 Å². The Hall–Kier alpha value is -3.81. The minimum absolute atomic E-state index is 0.130. The molecule has 3 aromatic rings. The van der Waals surface area contributed by atoms with E-state index in [1.54, 1.807) is 44.4 Å². The molecule has 0 bridgehead atoms. The molecule has 8 heteroatoms. The van der Waals surface area contributed by atoms with Gasteiger partial charge in [-0.15, -0.1) is 0 Å². The van der Waals surface area contributed by atoms with Crippen molar-refractivity contribution in [2.75, 3.05) is 20.2 Å². The highest BCUT2D eigenvalue weighted by atomic mass is 19.1. The SMILES string of the molecule is COc1ccccc1OCc1ccc(C(=O)NCCNC(=O)c2ccc(C)c(F)c2)o1. The summed E-state index contributed by atoms with van der Waals surface area (Å²) in [5.74, 6) is 0.501. The zero-order valence-electron chi connectivity index (χ0n) is 17.2. The lowest BCUT2D eigenvalue weighted by Crippen LogP contribution is -2.34. The van der Waals surface area contributed by atoms with Gasteiger partial charge in [0, 0.05) is 18.7 Å². The third-order valence-corrected chi connectivity index (χ3v) is 4.45. The number of amides is 2. The summed E-state index contributed by atoms with van der Waals surface area (Å²) in [6, 6.07) is 14.7. The average molecular weight is 426 g/mol. The van der Waals surface area contributed by atoms with Crippen molar-refractivity contribution in [2.45, 2.75) is 13.5 Å². The Balaban J connectivity index is 1.43. The van der Waals surface area contributed by atoms with Crippen LogP contribution >= 0.6 is 0 Å².